The molecule has 0 bridgehead atoms. The fourth-order valence-electron chi connectivity index (χ4n) is 2.86. The number of carboxylic acid groups (broad SMARTS) is 1. The van der Waals surface area contributed by atoms with Crippen molar-refractivity contribution in [2.75, 3.05) is 0 Å². The van der Waals surface area contributed by atoms with E-state index in [0.29, 0.717) is 0 Å². The van der Waals surface area contributed by atoms with Gasteiger partial charge < -0.3 is 10.0 Å². The van der Waals surface area contributed by atoms with Crippen molar-refractivity contribution in [3.8, 4) is 0 Å². The maximum absolute atomic E-state index is 12.8. The number of carboxylic acids is 1. The number of hydrogen-bond donors (Lipinski definition) is 1. The van der Waals surface area contributed by atoms with Gasteiger partial charge in [-0.15, -0.1) is 0 Å². The van der Waals surface area contributed by atoms with Crippen molar-refractivity contribution in [1.82, 2.24) is 19.0 Å². The van der Waals surface area contributed by atoms with Crippen molar-refractivity contribution in [1.29, 1.82) is 0 Å². The highest BCUT2D eigenvalue weighted by Crippen LogP contribution is 2.30. The minimum absolute atomic E-state index is 0.114. The molecular weight excluding hydrogens is 328 g/mol. The summed E-state index contributed by atoms with van der Waals surface area (Å²) in [5, 5.41) is 9.38. The number of aromatic nitrogens is 3. The van der Waals surface area contributed by atoms with E-state index in [4.69, 9.17) is 0 Å². The third kappa shape index (κ3) is 2.71. The van der Waals surface area contributed by atoms with Crippen molar-refractivity contribution in [3.05, 3.63) is 38.7 Å². The Kier molecular flexibility index (Phi) is 3.94. The Morgan fingerprint density at radius 3 is 2.48 bits per heavy atom. The SMILES string of the molecule is CC(C(=O)O)N(C(=O)c1cnc2c(c1)c(=O)n(C)c(=O)n2C)C1CC1. The van der Waals surface area contributed by atoms with Gasteiger partial charge in [0.25, 0.3) is 11.5 Å². The molecule has 1 aliphatic carbocycles. The molecule has 3 rings (SSSR count). The molecule has 1 aliphatic rings. The molecule has 0 radical (unpaired) electrons. The molecule has 0 saturated heterocycles. The van der Waals surface area contributed by atoms with Crippen molar-refractivity contribution < 1.29 is 14.7 Å². The van der Waals surface area contributed by atoms with E-state index < -0.39 is 29.2 Å². The summed E-state index contributed by atoms with van der Waals surface area (Å²) in [5.41, 5.74) is -0.759. The zero-order chi connectivity index (χ0) is 18.5. The molecule has 0 aliphatic heterocycles. The van der Waals surface area contributed by atoms with E-state index in [1.807, 2.05) is 0 Å². The number of aryl methyl sites for hydroxylation is 1. The van der Waals surface area contributed by atoms with Gasteiger partial charge in [0.1, 0.15) is 11.7 Å². The standard InChI is InChI=1S/C16H18N4O5/c1-8(15(23)24)20(10-4-5-10)13(21)9-6-11-12(17-7-9)18(2)16(25)19(3)14(11)22/h6-8,10H,4-5H2,1-3H3,(H,23,24). The van der Waals surface area contributed by atoms with Crippen molar-refractivity contribution in [3.63, 3.8) is 0 Å². The predicted molar refractivity (Wildman–Crippen MR) is 88.5 cm³/mol. The molecule has 2 aromatic rings. The molecule has 9 nitrogen and oxygen atoms in total. The van der Waals surface area contributed by atoms with Gasteiger partial charge in [-0.2, -0.15) is 0 Å². The normalized spacial score (nSPS) is 15.2. The van der Waals surface area contributed by atoms with Crippen LogP contribution in [0.25, 0.3) is 11.0 Å². The zero-order valence-corrected chi connectivity index (χ0v) is 14.1. The quantitative estimate of drug-likeness (QED) is 0.813. The van der Waals surface area contributed by atoms with Crippen LogP contribution in [0.1, 0.15) is 30.1 Å². The molecule has 1 fully saturated rings. The number of pyridine rings is 1. The molecule has 132 valence electrons. The average Bonchev–Trinajstić information content (AvgIpc) is 3.42. The van der Waals surface area contributed by atoms with E-state index in [0.717, 1.165) is 17.4 Å². The van der Waals surface area contributed by atoms with Crippen LogP contribution in [-0.4, -0.2) is 48.1 Å². The van der Waals surface area contributed by atoms with Gasteiger partial charge >= 0.3 is 11.7 Å². The molecule has 1 saturated carbocycles. The van der Waals surface area contributed by atoms with Gasteiger partial charge in [-0.3, -0.25) is 18.7 Å². The molecular formula is C16H18N4O5. The third-order valence-corrected chi connectivity index (χ3v) is 4.49. The van der Waals surface area contributed by atoms with E-state index in [-0.39, 0.29) is 22.6 Å². The van der Waals surface area contributed by atoms with Gasteiger partial charge in [0.05, 0.1) is 10.9 Å². The maximum Gasteiger partial charge on any atom is 0.332 e. The van der Waals surface area contributed by atoms with E-state index >= 15 is 0 Å². The third-order valence-electron chi connectivity index (χ3n) is 4.49. The largest absolute Gasteiger partial charge is 0.480 e. The fourth-order valence-corrected chi connectivity index (χ4v) is 2.86. The summed E-state index contributed by atoms with van der Waals surface area (Å²) >= 11 is 0. The number of carbonyl (C=O) groups excluding carboxylic acids is 1. The second kappa shape index (κ2) is 5.83. The van der Waals surface area contributed by atoms with E-state index in [9.17, 15) is 24.3 Å². The average molecular weight is 346 g/mol. The Morgan fingerprint density at radius 1 is 1.28 bits per heavy atom. The maximum atomic E-state index is 12.8. The minimum atomic E-state index is -1.09. The number of amides is 1. The first kappa shape index (κ1) is 16.9. The van der Waals surface area contributed by atoms with Gasteiger partial charge in [-0.1, -0.05) is 0 Å². The van der Waals surface area contributed by atoms with E-state index in [1.54, 1.807) is 0 Å². The Balaban J connectivity index is 2.13. The Labute approximate surface area is 142 Å². The fraction of sp³-hybridized carbons (Fsp3) is 0.438. The predicted octanol–water partition coefficient (Wildman–Crippen LogP) is -0.290. The lowest BCUT2D eigenvalue weighted by Crippen LogP contribution is -2.45. The summed E-state index contributed by atoms with van der Waals surface area (Å²) in [7, 11) is 2.84. The summed E-state index contributed by atoms with van der Waals surface area (Å²) in [5.74, 6) is -1.57. The molecule has 0 aromatic carbocycles. The highest BCUT2D eigenvalue weighted by atomic mass is 16.4. The number of carbonyl (C=O) groups is 2. The number of nitrogens with zero attached hydrogens (tertiary/aromatic N) is 4. The second-order valence-corrected chi connectivity index (χ2v) is 6.26. The van der Waals surface area contributed by atoms with Crippen LogP contribution >= 0.6 is 0 Å². The number of fused-ring (bicyclic) bond motifs is 1. The smallest absolute Gasteiger partial charge is 0.332 e. The molecule has 1 N–H and O–H groups in total. The molecule has 1 unspecified atom stereocenters. The van der Waals surface area contributed by atoms with E-state index in [1.165, 1.54) is 42.7 Å². The summed E-state index contributed by atoms with van der Waals surface area (Å²) < 4.78 is 2.17. The van der Waals surface area contributed by atoms with Crippen molar-refractivity contribution >= 4 is 22.9 Å². The van der Waals surface area contributed by atoms with Crippen LogP contribution in [-0.2, 0) is 18.9 Å². The summed E-state index contributed by atoms with van der Waals surface area (Å²) in [6, 6.07) is 0.284. The molecule has 0 spiro atoms. The summed E-state index contributed by atoms with van der Waals surface area (Å²) in [6.07, 6.45) is 2.77. The molecule has 2 heterocycles. The van der Waals surface area contributed by atoms with Crippen LogP contribution < -0.4 is 11.2 Å². The molecule has 1 atom stereocenters. The lowest BCUT2D eigenvalue weighted by Gasteiger charge is -2.26. The second-order valence-electron chi connectivity index (χ2n) is 6.26. The van der Waals surface area contributed by atoms with Gasteiger partial charge in [-0.25, -0.2) is 14.6 Å². The van der Waals surface area contributed by atoms with Gasteiger partial charge in [-0.05, 0) is 25.8 Å². The highest BCUT2D eigenvalue weighted by molar-refractivity contribution is 5.99. The van der Waals surface area contributed by atoms with Crippen LogP contribution in [0.5, 0.6) is 0 Å². The molecule has 9 heteroatoms. The molecule has 25 heavy (non-hydrogen) atoms. The van der Waals surface area contributed by atoms with Crippen LogP contribution in [0.2, 0.25) is 0 Å². The van der Waals surface area contributed by atoms with Crippen LogP contribution in [0.4, 0.5) is 0 Å². The van der Waals surface area contributed by atoms with Crippen LogP contribution in [0, 0.1) is 0 Å². The van der Waals surface area contributed by atoms with Crippen LogP contribution in [0.15, 0.2) is 21.9 Å². The van der Waals surface area contributed by atoms with Crippen molar-refractivity contribution in [2.45, 2.75) is 31.8 Å². The topological polar surface area (TPSA) is 114 Å². The highest BCUT2D eigenvalue weighted by Gasteiger charge is 2.39. The Morgan fingerprint density at radius 2 is 1.92 bits per heavy atom. The first-order valence-electron chi connectivity index (χ1n) is 7.85. The van der Waals surface area contributed by atoms with Gasteiger partial charge in [0.2, 0.25) is 0 Å². The monoisotopic (exact) mass is 346 g/mol. The van der Waals surface area contributed by atoms with Gasteiger partial charge in [0, 0.05) is 26.3 Å². The van der Waals surface area contributed by atoms with Gasteiger partial charge in [0.15, 0.2) is 0 Å². The molecule has 2 aromatic heterocycles. The lowest BCUT2D eigenvalue weighted by atomic mass is 10.1. The van der Waals surface area contributed by atoms with E-state index in [2.05, 4.69) is 4.98 Å². The Hall–Kier alpha value is -2.97. The first-order valence-corrected chi connectivity index (χ1v) is 7.85. The zero-order valence-electron chi connectivity index (χ0n) is 14.1. The van der Waals surface area contributed by atoms with Crippen molar-refractivity contribution in [2.24, 2.45) is 14.1 Å². The summed E-state index contributed by atoms with van der Waals surface area (Å²) in [4.78, 5) is 53.8. The van der Waals surface area contributed by atoms with Crippen LogP contribution in [0.3, 0.4) is 0 Å². The number of aliphatic carboxylic acids is 1. The number of rotatable bonds is 4. The first-order chi connectivity index (χ1) is 11.7. The minimum Gasteiger partial charge on any atom is -0.480 e. The lowest BCUT2D eigenvalue weighted by molar-refractivity contribution is -0.141. The Bertz CT molecular complexity index is 1000. The molecule has 1 amide bonds. The summed E-state index contributed by atoms with van der Waals surface area (Å²) in [6.45, 7) is 1.45. The number of hydrogen-bond acceptors (Lipinski definition) is 5.